The highest BCUT2D eigenvalue weighted by atomic mass is 35.5. The Balaban J connectivity index is 0.00000264. The molecule has 0 radical (unpaired) electrons. The number of halogens is 1. The second kappa shape index (κ2) is 8.36. The normalized spacial score (nSPS) is 10.1. The van der Waals surface area contributed by atoms with Crippen molar-refractivity contribution in [3.8, 4) is 0 Å². The zero-order valence-electron chi connectivity index (χ0n) is 13.0. The Morgan fingerprint density at radius 1 is 1.22 bits per heavy atom. The molecule has 0 saturated heterocycles. The van der Waals surface area contributed by atoms with Crippen LogP contribution in [0.15, 0.2) is 41.0 Å². The van der Waals surface area contributed by atoms with E-state index in [0.29, 0.717) is 22.6 Å². The lowest BCUT2D eigenvalue weighted by Gasteiger charge is -2.12. The molecule has 1 heterocycles. The number of nitrogens with two attached hydrogens (primary N) is 1. The summed E-state index contributed by atoms with van der Waals surface area (Å²) in [5, 5.41) is 5.52. The molecular weight excluding hydrogens is 318 g/mol. The molecule has 124 valence electrons. The molecule has 0 aliphatic heterocycles. The van der Waals surface area contributed by atoms with E-state index in [1.807, 2.05) is 13.8 Å². The SMILES string of the molecule is CC(C)NC(=O)c1ccccc1NC(=O)c1coc(CN)c1.Cl. The lowest BCUT2D eigenvalue weighted by molar-refractivity contribution is 0.0944. The largest absolute Gasteiger partial charge is 0.467 e. The van der Waals surface area contributed by atoms with Gasteiger partial charge in [0, 0.05) is 6.04 Å². The molecular formula is C16H20ClN3O3. The predicted molar refractivity (Wildman–Crippen MR) is 90.8 cm³/mol. The van der Waals surface area contributed by atoms with Crippen LogP contribution in [-0.2, 0) is 6.54 Å². The third-order valence-corrected chi connectivity index (χ3v) is 2.96. The van der Waals surface area contributed by atoms with E-state index in [9.17, 15) is 9.59 Å². The molecule has 1 aromatic carbocycles. The fourth-order valence-electron chi connectivity index (χ4n) is 1.93. The minimum absolute atomic E-state index is 0. The summed E-state index contributed by atoms with van der Waals surface area (Å²) in [6, 6.07) is 8.42. The van der Waals surface area contributed by atoms with E-state index in [-0.39, 0.29) is 36.8 Å². The maximum Gasteiger partial charge on any atom is 0.258 e. The van der Waals surface area contributed by atoms with Crippen molar-refractivity contribution in [3.63, 3.8) is 0 Å². The van der Waals surface area contributed by atoms with Crippen molar-refractivity contribution in [2.24, 2.45) is 5.73 Å². The molecule has 1 aromatic heterocycles. The van der Waals surface area contributed by atoms with Gasteiger partial charge in [-0.25, -0.2) is 0 Å². The number of anilines is 1. The standard InChI is InChI=1S/C16H19N3O3.ClH/c1-10(2)18-16(21)13-5-3-4-6-14(13)19-15(20)11-7-12(8-17)22-9-11;/h3-7,9-10H,8,17H2,1-2H3,(H,18,21)(H,19,20);1H. The van der Waals surface area contributed by atoms with Crippen molar-refractivity contribution in [1.29, 1.82) is 0 Å². The van der Waals surface area contributed by atoms with Crippen LogP contribution in [0.1, 0.15) is 40.3 Å². The number of carbonyl (C=O) groups is 2. The Kier molecular flexibility index (Phi) is 6.81. The third-order valence-electron chi connectivity index (χ3n) is 2.96. The molecule has 0 unspecified atom stereocenters. The van der Waals surface area contributed by atoms with E-state index in [0.717, 1.165) is 0 Å². The van der Waals surface area contributed by atoms with E-state index in [1.54, 1.807) is 30.3 Å². The van der Waals surface area contributed by atoms with Gasteiger partial charge in [0.15, 0.2) is 0 Å². The highest BCUT2D eigenvalue weighted by molar-refractivity contribution is 6.08. The maximum absolute atomic E-state index is 12.2. The smallest absolute Gasteiger partial charge is 0.258 e. The van der Waals surface area contributed by atoms with Crippen molar-refractivity contribution in [2.45, 2.75) is 26.4 Å². The van der Waals surface area contributed by atoms with Gasteiger partial charge in [-0.1, -0.05) is 12.1 Å². The molecule has 0 spiro atoms. The molecule has 0 bridgehead atoms. The number of hydrogen-bond acceptors (Lipinski definition) is 4. The van der Waals surface area contributed by atoms with Gasteiger partial charge in [0.1, 0.15) is 12.0 Å². The Labute approximate surface area is 140 Å². The van der Waals surface area contributed by atoms with Crippen LogP contribution < -0.4 is 16.4 Å². The molecule has 2 aromatic rings. The fourth-order valence-corrected chi connectivity index (χ4v) is 1.93. The summed E-state index contributed by atoms with van der Waals surface area (Å²) in [5.74, 6) is -0.0648. The van der Waals surface area contributed by atoms with E-state index in [1.165, 1.54) is 6.26 Å². The number of para-hydroxylation sites is 1. The van der Waals surface area contributed by atoms with Gasteiger partial charge in [0.25, 0.3) is 11.8 Å². The topological polar surface area (TPSA) is 97.4 Å². The number of benzene rings is 1. The molecule has 7 heteroatoms. The van der Waals surface area contributed by atoms with Crippen LogP contribution in [0.5, 0.6) is 0 Å². The first-order valence-corrected chi connectivity index (χ1v) is 7.00. The Hall–Kier alpha value is -2.31. The molecule has 4 N–H and O–H groups in total. The molecule has 2 amide bonds. The zero-order chi connectivity index (χ0) is 16.1. The predicted octanol–water partition coefficient (Wildman–Crippen LogP) is 2.55. The fraction of sp³-hybridized carbons (Fsp3) is 0.250. The number of furan rings is 1. The lowest BCUT2D eigenvalue weighted by Crippen LogP contribution is -2.31. The molecule has 0 saturated carbocycles. The highest BCUT2D eigenvalue weighted by Crippen LogP contribution is 2.17. The number of nitrogens with one attached hydrogen (secondary N) is 2. The van der Waals surface area contributed by atoms with E-state index in [4.69, 9.17) is 10.2 Å². The maximum atomic E-state index is 12.2. The number of amides is 2. The van der Waals surface area contributed by atoms with Crippen molar-refractivity contribution < 1.29 is 14.0 Å². The molecule has 2 rings (SSSR count). The monoisotopic (exact) mass is 337 g/mol. The summed E-state index contributed by atoms with van der Waals surface area (Å²) in [6.07, 6.45) is 1.34. The molecule has 6 nitrogen and oxygen atoms in total. The number of hydrogen-bond donors (Lipinski definition) is 3. The van der Waals surface area contributed by atoms with Gasteiger partial charge in [0.2, 0.25) is 0 Å². The average molecular weight is 338 g/mol. The summed E-state index contributed by atoms with van der Waals surface area (Å²) < 4.78 is 5.14. The van der Waals surface area contributed by atoms with Crippen LogP contribution >= 0.6 is 12.4 Å². The van der Waals surface area contributed by atoms with Gasteiger partial charge in [-0.2, -0.15) is 0 Å². The lowest BCUT2D eigenvalue weighted by atomic mass is 10.1. The number of rotatable bonds is 5. The quantitative estimate of drug-likeness (QED) is 0.781. The Morgan fingerprint density at radius 3 is 2.52 bits per heavy atom. The second-order valence-electron chi connectivity index (χ2n) is 5.13. The highest BCUT2D eigenvalue weighted by Gasteiger charge is 2.15. The van der Waals surface area contributed by atoms with E-state index in [2.05, 4.69) is 10.6 Å². The van der Waals surface area contributed by atoms with Crippen molar-refractivity contribution in [2.75, 3.05) is 5.32 Å². The first-order valence-electron chi connectivity index (χ1n) is 7.00. The van der Waals surface area contributed by atoms with Gasteiger partial charge in [-0.15, -0.1) is 12.4 Å². The van der Waals surface area contributed by atoms with Gasteiger partial charge >= 0.3 is 0 Å². The number of carbonyl (C=O) groups excluding carboxylic acids is 2. The summed E-state index contributed by atoms with van der Waals surface area (Å²) in [5.41, 5.74) is 6.66. The van der Waals surface area contributed by atoms with E-state index >= 15 is 0 Å². The van der Waals surface area contributed by atoms with E-state index < -0.39 is 0 Å². The molecule has 0 aliphatic rings. The zero-order valence-corrected chi connectivity index (χ0v) is 13.8. The molecule has 0 fully saturated rings. The van der Waals surface area contributed by atoms with Crippen molar-refractivity contribution in [1.82, 2.24) is 5.32 Å². The summed E-state index contributed by atoms with van der Waals surface area (Å²) in [7, 11) is 0. The summed E-state index contributed by atoms with van der Waals surface area (Å²) in [4.78, 5) is 24.3. The van der Waals surface area contributed by atoms with Gasteiger partial charge in [0.05, 0.1) is 23.4 Å². The van der Waals surface area contributed by atoms with Crippen LogP contribution in [0.3, 0.4) is 0 Å². The van der Waals surface area contributed by atoms with Crippen LogP contribution in [-0.4, -0.2) is 17.9 Å². The average Bonchev–Trinajstić information content (AvgIpc) is 2.96. The van der Waals surface area contributed by atoms with Crippen LogP contribution in [0, 0.1) is 0 Å². The van der Waals surface area contributed by atoms with Crippen molar-refractivity contribution >= 4 is 29.9 Å². The van der Waals surface area contributed by atoms with Crippen LogP contribution in [0.2, 0.25) is 0 Å². The van der Waals surface area contributed by atoms with Gasteiger partial charge in [-0.05, 0) is 32.0 Å². The molecule has 0 aliphatic carbocycles. The third kappa shape index (κ3) is 4.84. The van der Waals surface area contributed by atoms with Gasteiger partial charge < -0.3 is 20.8 Å². The van der Waals surface area contributed by atoms with Crippen LogP contribution in [0.4, 0.5) is 5.69 Å². The minimum Gasteiger partial charge on any atom is -0.467 e. The van der Waals surface area contributed by atoms with Crippen molar-refractivity contribution in [3.05, 3.63) is 53.5 Å². The first-order chi connectivity index (χ1) is 10.5. The van der Waals surface area contributed by atoms with Crippen LogP contribution in [0.25, 0.3) is 0 Å². The Morgan fingerprint density at radius 2 is 1.91 bits per heavy atom. The Bertz CT molecular complexity index is 683. The molecule has 0 atom stereocenters. The summed E-state index contributed by atoms with van der Waals surface area (Å²) in [6.45, 7) is 3.97. The second-order valence-corrected chi connectivity index (χ2v) is 5.13. The first kappa shape index (κ1) is 18.7. The van der Waals surface area contributed by atoms with Gasteiger partial charge in [-0.3, -0.25) is 9.59 Å². The molecule has 23 heavy (non-hydrogen) atoms. The summed E-state index contributed by atoms with van der Waals surface area (Å²) >= 11 is 0. The minimum atomic E-state index is -0.353.